The largest absolute Gasteiger partial charge is 0.354 e. The Balaban J connectivity index is 2.29. The van der Waals surface area contributed by atoms with Gasteiger partial charge in [0.2, 0.25) is 5.91 Å². The van der Waals surface area contributed by atoms with E-state index in [-0.39, 0.29) is 5.91 Å². The fourth-order valence-corrected chi connectivity index (χ4v) is 0.796. The molecule has 60 valence electrons. The van der Waals surface area contributed by atoms with E-state index in [1.807, 2.05) is 0 Å². The first-order valence-electron chi connectivity index (χ1n) is 3.52. The third-order valence-electron chi connectivity index (χ3n) is 1.26. The lowest BCUT2D eigenvalue weighted by molar-refractivity contribution is -0.118. The number of hydrogen-bond donors (Lipinski definition) is 2. The van der Waals surface area contributed by atoms with Gasteiger partial charge in [0.1, 0.15) is 0 Å². The molecular weight excluding hydrogens is 142 g/mol. The van der Waals surface area contributed by atoms with E-state index in [4.69, 9.17) is 0 Å². The summed E-state index contributed by atoms with van der Waals surface area (Å²) < 4.78 is 0. The van der Waals surface area contributed by atoms with Gasteiger partial charge in [0.05, 0.1) is 6.54 Å². The predicted molar refractivity (Wildman–Crippen MR) is 43.3 cm³/mol. The maximum Gasteiger partial charge on any atom is 0.230 e. The number of aliphatic imine (C=N–C) groups is 1. The van der Waals surface area contributed by atoms with Gasteiger partial charge in [-0.1, -0.05) is 6.08 Å². The van der Waals surface area contributed by atoms with Crippen LogP contribution in [0.5, 0.6) is 0 Å². The molecule has 1 amide bonds. The van der Waals surface area contributed by atoms with E-state index in [0.717, 1.165) is 13.1 Å². The molecule has 1 heterocycles. The molecule has 1 aliphatic heterocycles. The van der Waals surface area contributed by atoms with Crippen LogP contribution >= 0.6 is 0 Å². The zero-order chi connectivity index (χ0) is 8.10. The van der Waals surface area contributed by atoms with E-state index in [1.54, 1.807) is 6.08 Å². The van der Waals surface area contributed by atoms with Crippen LogP contribution in [-0.2, 0) is 4.79 Å². The van der Waals surface area contributed by atoms with Gasteiger partial charge in [-0.2, -0.15) is 0 Å². The minimum absolute atomic E-state index is 0.0758. The van der Waals surface area contributed by atoms with Crippen LogP contribution in [0.15, 0.2) is 17.6 Å². The number of amides is 1. The second kappa shape index (κ2) is 3.75. The Labute approximate surface area is 65.4 Å². The average Bonchev–Trinajstić information content (AvgIpc) is 2.40. The van der Waals surface area contributed by atoms with Crippen LogP contribution in [0.2, 0.25) is 0 Å². The molecule has 0 aromatic carbocycles. The summed E-state index contributed by atoms with van der Waals surface area (Å²) in [5.41, 5.74) is 0. The molecule has 0 aromatic heterocycles. The molecule has 4 heteroatoms. The molecule has 1 aliphatic rings. The zero-order valence-electron chi connectivity index (χ0n) is 6.26. The smallest absolute Gasteiger partial charge is 0.230 e. The summed E-state index contributed by atoms with van der Waals surface area (Å²) in [5.74, 6) is 0.505. The van der Waals surface area contributed by atoms with Gasteiger partial charge in [-0.25, -0.2) is 0 Å². The van der Waals surface area contributed by atoms with Gasteiger partial charge >= 0.3 is 0 Å². The fraction of sp³-hybridized carbons (Fsp3) is 0.429. The van der Waals surface area contributed by atoms with Gasteiger partial charge in [0, 0.05) is 13.0 Å². The van der Waals surface area contributed by atoms with Gasteiger partial charge in [0.25, 0.3) is 0 Å². The average molecular weight is 153 g/mol. The van der Waals surface area contributed by atoms with E-state index in [2.05, 4.69) is 22.2 Å². The Morgan fingerprint density at radius 2 is 2.73 bits per heavy atom. The Morgan fingerprint density at radius 3 is 3.27 bits per heavy atom. The minimum Gasteiger partial charge on any atom is -0.354 e. The highest BCUT2D eigenvalue weighted by Crippen LogP contribution is 1.84. The first-order valence-corrected chi connectivity index (χ1v) is 3.52. The number of carbonyl (C=O) groups excluding carboxylic acids is 1. The molecule has 0 saturated carbocycles. The van der Waals surface area contributed by atoms with Crippen molar-refractivity contribution >= 4 is 11.9 Å². The molecule has 0 unspecified atom stereocenters. The second-order valence-electron chi connectivity index (χ2n) is 2.20. The quantitative estimate of drug-likeness (QED) is 0.532. The molecule has 2 N–H and O–H groups in total. The zero-order valence-corrected chi connectivity index (χ0v) is 6.26. The van der Waals surface area contributed by atoms with E-state index in [1.165, 1.54) is 0 Å². The second-order valence-corrected chi connectivity index (χ2v) is 2.20. The monoisotopic (exact) mass is 153 g/mol. The summed E-state index contributed by atoms with van der Waals surface area (Å²) >= 11 is 0. The number of hydrogen-bond acceptors (Lipinski definition) is 3. The predicted octanol–water partition coefficient (Wildman–Crippen LogP) is -0.362. The Morgan fingerprint density at radius 1 is 1.91 bits per heavy atom. The Kier molecular flexibility index (Phi) is 2.66. The Hall–Kier alpha value is -1.32. The molecule has 1 rings (SSSR count). The van der Waals surface area contributed by atoms with Crippen LogP contribution in [0.3, 0.4) is 0 Å². The van der Waals surface area contributed by atoms with Gasteiger partial charge in [-0.05, 0) is 0 Å². The van der Waals surface area contributed by atoms with Crippen LogP contribution < -0.4 is 10.6 Å². The summed E-state index contributed by atoms with van der Waals surface area (Å²) in [7, 11) is 0. The van der Waals surface area contributed by atoms with Crippen molar-refractivity contribution in [3.8, 4) is 0 Å². The summed E-state index contributed by atoms with van der Waals surface area (Å²) in [6, 6.07) is 0. The topological polar surface area (TPSA) is 53.5 Å². The number of nitrogens with zero attached hydrogens (tertiary/aromatic N) is 1. The normalized spacial score (nSPS) is 15.1. The summed E-state index contributed by atoms with van der Waals surface area (Å²) in [4.78, 5) is 14.9. The molecule has 0 atom stereocenters. The van der Waals surface area contributed by atoms with Crippen molar-refractivity contribution in [2.45, 2.75) is 6.42 Å². The van der Waals surface area contributed by atoms with E-state index < -0.39 is 0 Å². The molecule has 0 fully saturated rings. The van der Waals surface area contributed by atoms with Crippen LogP contribution in [0.4, 0.5) is 0 Å². The first kappa shape index (κ1) is 7.78. The highest BCUT2D eigenvalue weighted by atomic mass is 16.1. The number of nitrogens with one attached hydrogen (secondary N) is 2. The van der Waals surface area contributed by atoms with Gasteiger partial charge in [-0.15, -0.1) is 6.58 Å². The van der Waals surface area contributed by atoms with Crippen LogP contribution in [0, 0.1) is 0 Å². The molecule has 0 aromatic rings. The number of rotatable bonds is 2. The summed E-state index contributed by atoms with van der Waals surface area (Å²) in [5, 5.41) is 5.54. The van der Waals surface area contributed by atoms with Gasteiger partial charge < -0.3 is 5.32 Å². The molecule has 4 nitrogen and oxygen atoms in total. The van der Waals surface area contributed by atoms with Gasteiger partial charge in [0.15, 0.2) is 5.96 Å². The van der Waals surface area contributed by atoms with Crippen LogP contribution in [0.25, 0.3) is 0 Å². The number of guanidine groups is 1. The first-order chi connectivity index (χ1) is 5.33. The van der Waals surface area contributed by atoms with E-state index in [9.17, 15) is 4.79 Å². The third kappa shape index (κ3) is 2.41. The lowest BCUT2D eigenvalue weighted by Gasteiger charge is -2.01. The van der Waals surface area contributed by atoms with E-state index in [0.29, 0.717) is 12.4 Å². The maximum absolute atomic E-state index is 10.9. The van der Waals surface area contributed by atoms with Crippen LogP contribution in [0.1, 0.15) is 6.42 Å². The van der Waals surface area contributed by atoms with Crippen molar-refractivity contribution in [1.29, 1.82) is 0 Å². The van der Waals surface area contributed by atoms with Crippen molar-refractivity contribution in [1.82, 2.24) is 10.6 Å². The number of carbonyl (C=O) groups is 1. The van der Waals surface area contributed by atoms with Crippen molar-refractivity contribution in [2.24, 2.45) is 4.99 Å². The lowest BCUT2D eigenvalue weighted by atomic mass is 10.4. The maximum atomic E-state index is 10.9. The SMILES string of the molecule is C=CCC(=O)NC1=NCCN1. The highest BCUT2D eigenvalue weighted by Gasteiger charge is 2.06. The van der Waals surface area contributed by atoms with Gasteiger partial charge in [-0.3, -0.25) is 15.1 Å². The molecule has 11 heavy (non-hydrogen) atoms. The lowest BCUT2D eigenvalue weighted by Crippen LogP contribution is -2.37. The van der Waals surface area contributed by atoms with Crippen molar-refractivity contribution in [3.63, 3.8) is 0 Å². The highest BCUT2D eigenvalue weighted by molar-refractivity contribution is 5.97. The third-order valence-corrected chi connectivity index (χ3v) is 1.26. The fourth-order valence-electron chi connectivity index (χ4n) is 0.796. The molecule has 0 aliphatic carbocycles. The summed E-state index contributed by atoms with van der Waals surface area (Å²) in [6.07, 6.45) is 1.89. The molecule has 0 spiro atoms. The molecule has 0 saturated heterocycles. The standard InChI is InChI=1S/C7H11N3O/c1-2-3-6(11)10-7-8-4-5-9-7/h2H,1,3-5H2,(H2,8,9,10,11). The molecular formula is C7H11N3O. The molecule has 0 radical (unpaired) electrons. The van der Waals surface area contributed by atoms with Crippen LogP contribution in [-0.4, -0.2) is 25.0 Å². The minimum atomic E-state index is -0.0758. The Bertz CT molecular complexity index is 198. The van der Waals surface area contributed by atoms with Crippen molar-refractivity contribution in [2.75, 3.05) is 13.1 Å². The molecule has 0 bridgehead atoms. The van der Waals surface area contributed by atoms with Crippen molar-refractivity contribution < 1.29 is 4.79 Å². The van der Waals surface area contributed by atoms with E-state index >= 15 is 0 Å². The summed E-state index contributed by atoms with van der Waals surface area (Å²) in [6.45, 7) is 5.00. The van der Waals surface area contributed by atoms with Crippen molar-refractivity contribution in [3.05, 3.63) is 12.7 Å².